The van der Waals surface area contributed by atoms with E-state index >= 15 is 0 Å². The van der Waals surface area contributed by atoms with E-state index in [0.29, 0.717) is 43.9 Å². The molecule has 1 saturated heterocycles. The second-order valence-electron chi connectivity index (χ2n) is 10.4. The smallest absolute Gasteiger partial charge is 0.253 e. The molecular weight excluding hydrogens is 526 g/mol. The molecule has 210 valence electrons. The molecule has 1 fully saturated rings. The maximum atomic E-state index is 13.1. The van der Waals surface area contributed by atoms with E-state index < -0.39 is 10.0 Å². The van der Waals surface area contributed by atoms with Crippen LogP contribution >= 0.6 is 0 Å². The number of para-hydroxylation sites is 1. The van der Waals surface area contributed by atoms with Crippen LogP contribution in [-0.2, 0) is 21.2 Å². The van der Waals surface area contributed by atoms with Gasteiger partial charge in [-0.05, 0) is 80.6 Å². The fourth-order valence-corrected chi connectivity index (χ4v) is 6.40. The number of rotatable bonds is 9. The van der Waals surface area contributed by atoms with Gasteiger partial charge in [0.25, 0.3) is 5.91 Å². The summed E-state index contributed by atoms with van der Waals surface area (Å²) in [6.45, 7) is 3.72. The first-order chi connectivity index (χ1) is 19.3. The predicted molar refractivity (Wildman–Crippen MR) is 154 cm³/mol. The lowest BCUT2D eigenvalue weighted by atomic mass is 9.95. The third kappa shape index (κ3) is 6.37. The number of carbonyl (C=O) groups excluding carboxylic acids is 2. The van der Waals surface area contributed by atoms with Crippen molar-refractivity contribution in [3.8, 4) is 5.75 Å². The summed E-state index contributed by atoms with van der Waals surface area (Å²) in [6, 6.07) is 22.0. The molecule has 5 rings (SSSR count). The van der Waals surface area contributed by atoms with Crippen LogP contribution in [0, 0.1) is 6.92 Å². The average Bonchev–Trinajstić information content (AvgIpc) is 2.97. The molecule has 40 heavy (non-hydrogen) atoms. The molecule has 3 aromatic carbocycles. The highest BCUT2D eigenvalue weighted by molar-refractivity contribution is 7.89. The van der Waals surface area contributed by atoms with Crippen molar-refractivity contribution < 1.29 is 22.7 Å². The molecular formula is C31H35N3O5S. The minimum Gasteiger partial charge on any atom is -0.494 e. The van der Waals surface area contributed by atoms with E-state index in [1.165, 1.54) is 5.56 Å². The van der Waals surface area contributed by atoms with Crippen LogP contribution in [-0.4, -0.2) is 57.4 Å². The van der Waals surface area contributed by atoms with Gasteiger partial charge in [-0.25, -0.2) is 13.1 Å². The molecule has 0 unspecified atom stereocenters. The van der Waals surface area contributed by atoms with E-state index in [1.807, 2.05) is 34.9 Å². The van der Waals surface area contributed by atoms with Gasteiger partial charge < -0.3 is 14.5 Å². The molecule has 2 aliphatic heterocycles. The molecule has 2 heterocycles. The van der Waals surface area contributed by atoms with Gasteiger partial charge in [-0.3, -0.25) is 9.59 Å². The van der Waals surface area contributed by atoms with Gasteiger partial charge in [0.05, 0.1) is 11.5 Å². The zero-order valence-electron chi connectivity index (χ0n) is 22.7. The number of ether oxygens (including phenoxy) is 1. The molecule has 2 amide bonds. The second-order valence-corrected chi connectivity index (χ2v) is 12.1. The number of benzene rings is 3. The van der Waals surface area contributed by atoms with Crippen molar-refractivity contribution in [1.82, 2.24) is 9.62 Å². The Bertz CT molecular complexity index is 1450. The Morgan fingerprint density at radius 3 is 2.38 bits per heavy atom. The molecule has 0 bridgehead atoms. The van der Waals surface area contributed by atoms with Crippen molar-refractivity contribution >= 4 is 27.5 Å². The minimum absolute atomic E-state index is 0.0270. The summed E-state index contributed by atoms with van der Waals surface area (Å²) in [5, 5.41) is 0. The third-order valence-corrected chi connectivity index (χ3v) is 9.04. The highest BCUT2D eigenvalue weighted by Crippen LogP contribution is 2.32. The zero-order valence-corrected chi connectivity index (χ0v) is 23.5. The Morgan fingerprint density at radius 2 is 1.65 bits per heavy atom. The van der Waals surface area contributed by atoms with E-state index in [4.69, 9.17) is 4.74 Å². The van der Waals surface area contributed by atoms with Crippen LogP contribution in [0.3, 0.4) is 0 Å². The van der Waals surface area contributed by atoms with Gasteiger partial charge in [0, 0.05) is 43.3 Å². The number of anilines is 1. The number of fused-ring (bicyclic) bond motifs is 1. The Morgan fingerprint density at radius 1 is 0.950 bits per heavy atom. The van der Waals surface area contributed by atoms with Crippen molar-refractivity contribution in [1.29, 1.82) is 0 Å². The average molecular weight is 562 g/mol. The van der Waals surface area contributed by atoms with Gasteiger partial charge in [0.2, 0.25) is 15.9 Å². The van der Waals surface area contributed by atoms with Crippen LogP contribution in [0.5, 0.6) is 5.75 Å². The van der Waals surface area contributed by atoms with Crippen molar-refractivity contribution in [3.63, 3.8) is 0 Å². The summed E-state index contributed by atoms with van der Waals surface area (Å²) >= 11 is 0. The normalized spacial score (nSPS) is 16.1. The fraction of sp³-hybridized carbons (Fsp3) is 0.355. The van der Waals surface area contributed by atoms with Crippen molar-refractivity contribution in [2.45, 2.75) is 50.0 Å². The molecule has 9 heteroatoms. The summed E-state index contributed by atoms with van der Waals surface area (Å²) < 4.78 is 33.1. The Kier molecular flexibility index (Phi) is 8.52. The first kappa shape index (κ1) is 27.9. The molecule has 0 spiro atoms. The van der Waals surface area contributed by atoms with Gasteiger partial charge in [-0.15, -0.1) is 0 Å². The summed E-state index contributed by atoms with van der Waals surface area (Å²) in [4.78, 5) is 29.9. The minimum atomic E-state index is -3.54. The quantitative estimate of drug-likeness (QED) is 0.393. The van der Waals surface area contributed by atoms with Crippen molar-refractivity contribution in [2.75, 3.05) is 31.1 Å². The summed E-state index contributed by atoms with van der Waals surface area (Å²) in [5.74, 6) is 0.766. The Balaban J connectivity index is 1.07. The van der Waals surface area contributed by atoms with Crippen LogP contribution in [0.4, 0.5) is 5.69 Å². The molecule has 0 atom stereocenters. The number of amides is 2. The summed E-state index contributed by atoms with van der Waals surface area (Å²) in [6.07, 6.45) is 3.33. The first-order valence-electron chi connectivity index (χ1n) is 13.8. The number of aryl methyl sites for hydroxylation is 2. The number of nitrogens with one attached hydrogen (secondary N) is 1. The maximum absolute atomic E-state index is 13.1. The zero-order chi connectivity index (χ0) is 28.1. The third-order valence-electron chi connectivity index (χ3n) is 7.56. The fourth-order valence-electron chi connectivity index (χ4n) is 5.33. The molecule has 1 N–H and O–H groups in total. The van der Waals surface area contributed by atoms with Crippen LogP contribution in [0.15, 0.2) is 77.7 Å². The number of hydrogen-bond donors (Lipinski definition) is 1. The van der Waals surface area contributed by atoms with Gasteiger partial charge in [-0.1, -0.05) is 35.9 Å². The van der Waals surface area contributed by atoms with E-state index in [2.05, 4.69) is 10.8 Å². The van der Waals surface area contributed by atoms with Gasteiger partial charge in [-0.2, -0.15) is 0 Å². The summed E-state index contributed by atoms with van der Waals surface area (Å²) in [7, 11) is -3.54. The van der Waals surface area contributed by atoms with Crippen LogP contribution in [0.1, 0.15) is 47.2 Å². The van der Waals surface area contributed by atoms with Crippen LogP contribution in [0.25, 0.3) is 0 Å². The van der Waals surface area contributed by atoms with E-state index in [9.17, 15) is 18.0 Å². The maximum Gasteiger partial charge on any atom is 0.253 e. The van der Waals surface area contributed by atoms with Crippen molar-refractivity contribution in [2.24, 2.45) is 0 Å². The molecule has 3 aromatic rings. The van der Waals surface area contributed by atoms with Crippen LogP contribution < -0.4 is 14.4 Å². The molecule has 0 saturated carbocycles. The number of hydrogen-bond acceptors (Lipinski definition) is 5. The first-order valence-corrected chi connectivity index (χ1v) is 15.3. The lowest BCUT2D eigenvalue weighted by Crippen LogP contribution is -2.50. The highest BCUT2D eigenvalue weighted by Gasteiger charge is 2.33. The summed E-state index contributed by atoms with van der Waals surface area (Å²) in [5.41, 5.74) is 3.83. The van der Waals surface area contributed by atoms with E-state index in [-0.39, 0.29) is 29.3 Å². The van der Waals surface area contributed by atoms with Gasteiger partial charge in [0.1, 0.15) is 5.75 Å². The standard InChI is InChI=1S/C31H35N3O5S/c1-23-7-14-28(15-8-23)40(37,38)32-19-4-22-39-27-12-9-25(10-13-27)31(36)33-20-17-26(18-21-33)34-29-6-3-2-5-24(29)11-16-30(34)35/h2-3,5-10,12-15,26,32H,4,11,16-22H2,1H3. The lowest BCUT2D eigenvalue weighted by Gasteiger charge is -2.41. The van der Waals surface area contributed by atoms with E-state index in [0.717, 1.165) is 30.5 Å². The monoisotopic (exact) mass is 561 g/mol. The highest BCUT2D eigenvalue weighted by atomic mass is 32.2. The van der Waals surface area contributed by atoms with Crippen molar-refractivity contribution in [3.05, 3.63) is 89.5 Å². The Hall–Kier alpha value is -3.69. The second kappa shape index (κ2) is 12.2. The largest absolute Gasteiger partial charge is 0.494 e. The lowest BCUT2D eigenvalue weighted by molar-refractivity contribution is -0.119. The molecule has 0 aliphatic carbocycles. The topological polar surface area (TPSA) is 96.0 Å². The molecule has 8 nitrogen and oxygen atoms in total. The number of nitrogens with zero attached hydrogens (tertiary/aromatic N) is 2. The number of sulfonamides is 1. The van der Waals surface area contributed by atoms with Gasteiger partial charge in [0.15, 0.2) is 0 Å². The molecule has 0 aromatic heterocycles. The number of carbonyl (C=O) groups is 2. The Labute approximate surface area is 236 Å². The van der Waals surface area contributed by atoms with Gasteiger partial charge >= 0.3 is 0 Å². The molecule has 2 aliphatic rings. The number of likely N-dealkylation sites (tertiary alicyclic amines) is 1. The van der Waals surface area contributed by atoms with E-state index in [1.54, 1.807) is 48.5 Å². The predicted octanol–water partition coefficient (Wildman–Crippen LogP) is 4.33. The van der Waals surface area contributed by atoms with Crippen LogP contribution in [0.2, 0.25) is 0 Å². The number of piperidine rings is 1. The molecule has 0 radical (unpaired) electrons. The SMILES string of the molecule is Cc1ccc(S(=O)(=O)NCCCOc2ccc(C(=O)N3CCC(N4C(=O)CCc5ccccc54)CC3)cc2)cc1.